The number of hydrogen-bond donors (Lipinski definition) is 0. The predicted octanol–water partition coefficient (Wildman–Crippen LogP) is 2.57. The van der Waals surface area contributed by atoms with Crippen molar-refractivity contribution in [1.82, 2.24) is 0 Å². The first kappa shape index (κ1) is 23.1. The van der Waals surface area contributed by atoms with Gasteiger partial charge in [-0.25, -0.2) is 0 Å². The van der Waals surface area contributed by atoms with Gasteiger partial charge in [0, 0.05) is 11.1 Å². The molecule has 0 aromatic heterocycles. The van der Waals surface area contributed by atoms with Crippen LogP contribution in [0.25, 0.3) is 0 Å². The lowest BCUT2D eigenvalue weighted by Crippen LogP contribution is -2.42. The van der Waals surface area contributed by atoms with E-state index in [1.54, 1.807) is 13.8 Å². The Kier molecular flexibility index (Phi) is 6.67. The van der Waals surface area contributed by atoms with Crippen molar-refractivity contribution in [1.29, 1.82) is 0 Å². The summed E-state index contributed by atoms with van der Waals surface area (Å²) in [5, 5.41) is 0. The number of hydrogen-bond acceptors (Lipinski definition) is 10. The topological polar surface area (TPSA) is 124 Å². The van der Waals surface area contributed by atoms with Crippen LogP contribution in [-0.4, -0.2) is 50.3 Å². The van der Waals surface area contributed by atoms with Gasteiger partial charge in [-0.1, -0.05) is 0 Å². The maximum Gasteiger partial charge on any atom is 0.318 e. The van der Waals surface area contributed by atoms with Gasteiger partial charge in [-0.05, 0) is 50.2 Å². The Hall–Kier alpha value is -4.08. The van der Waals surface area contributed by atoms with Crippen molar-refractivity contribution in [2.45, 2.75) is 13.8 Å². The third-order valence-electron chi connectivity index (χ3n) is 5.29. The van der Waals surface area contributed by atoms with Crippen LogP contribution in [0.1, 0.15) is 34.6 Å². The molecule has 0 N–H and O–H groups in total. The molecular weight excluding hydrogens is 448 g/mol. The number of ether oxygens (including phenoxy) is 6. The summed E-state index contributed by atoms with van der Waals surface area (Å²) in [6.45, 7) is 2.97. The van der Waals surface area contributed by atoms with E-state index in [1.807, 2.05) is 0 Å². The Balaban J connectivity index is 1.75. The van der Waals surface area contributed by atoms with Gasteiger partial charge >= 0.3 is 11.9 Å². The summed E-state index contributed by atoms with van der Waals surface area (Å²) >= 11 is 0. The quantitative estimate of drug-likeness (QED) is 0.307. The van der Waals surface area contributed by atoms with Gasteiger partial charge in [-0.2, -0.15) is 0 Å². The van der Waals surface area contributed by atoms with Gasteiger partial charge in [0.1, 0.15) is 11.8 Å². The summed E-state index contributed by atoms with van der Waals surface area (Å²) in [6, 6.07) is 8.66. The molecule has 10 nitrogen and oxygen atoms in total. The lowest BCUT2D eigenvalue weighted by molar-refractivity contribution is -0.156. The molecule has 2 aliphatic heterocycles. The van der Waals surface area contributed by atoms with Crippen LogP contribution in [-0.2, 0) is 19.1 Å². The van der Waals surface area contributed by atoms with Gasteiger partial charge in [-0.3, -0.25) is 19.2 Å². The van der Waals surface area contributed by atoms with Crippen molar-refractivity contribution in [3.05, 3.63) is 47.5 Å². The molecular formula is C24H22O10. The van der Waals surface area contributed by atoms with Crippen LogP contribution in [0.4, 0.5) is 0 Å². The highest BCUT2D eigenvalue weighted by molar-refractivity contribution is 6.19. The van der Waals surface area contributed by atoms with Crippen molar-refractivity contribution in [3.8, 4) is 23.0 Å². The van der Waals surface area contributed by atoms with Gasteiger partial charge in [-0.15, -0.1) is 0 Å². The number of fused-ring (bicyclic) bond motifs is 2. The van der Waals surface area contributed by atoms with E-state index in [0.29, 0.717) is 23.0 Å². The molecule has 0 saturated carbocycles. The fraction of sp³-hybridized carbons (Fsp3) is 0.333. The molecule has 2 unspecified atom stereocenters. The molecule has 0 fully saturated rings. The van der Waals surface area contributed by atoms with Gasteiger partial charge in [0.15, 0.2) is 34.6 Å². The second-order valence-corrected chi connectivity index (χ2v) is 7.32. The number of Topliss-reactive ketones (excluding diaryl/α,β-unsaturated/α-hetero) is 2. The molecule has 34 heavy (non-hydrogen) atoms. The molecule has 2 aromatic rings. The summed E-state index contributed by atoms with van der Waals surface area (Å²) in [5.41, 5.74) is 0.102. The highest BCUT2D eigenvalue weighted by Crippen LogP contribution is 2.36. The summed E-state index contributed by atoms with van der Waals surface area (Å²) in [6.07, 6.45) is 0. The van der Waals surface area contributed by atoms with Crippen LogP contribution in [0.15, 0.2) is 36.4 Å². The van der Waals surface area contributed by atoms with Crippen molar-refractivity contribution in [2.24, 2.45) is 11.8 Å². The number of esters is 2. The molecule has 178 valence electrons. The Bertz CT molecular complexity index is 1050. The summed E-state index contributed by atoms with van der Waals surface area (Å²) in [7, 11) is 0. The van der Waals surface area contributed by atoms with Gasteiger partial charge < -0.3 is 28.4 Å². The third-order valence-corrected chi connectivity index (χ3v) is 5.29. The summed E-state index contributed by atoms with van der Waals surface area (Å²) in [4.78, 5) is 53.0. The number of benzene rings is 2. The van der Waals surface area contributed by atoms with Crippen molar-refractivity contribution in [2.75, 3.05) is 26.8 Å². The van der Waals surface area contributed by atoms with E-state index in [4.69, 9.17) is 28.4 Å². The number of ketones is 2. The lowest BCUT2D eigenvalue weighted by Gasteiger charge is -2.22. The SMILES string of the molecule is CCOC(=O)C(C(=O)c1ccc2c(c1)OCO2)C(C(=O)OCC)C(=O)c1ccc2c(c1)OCO2. The molecule has 10 heteroatoms. The number of carbonyl (C=O) groups excluding carboxylic acids is 4. The van der Waals surface area contributed by atoms with E-state index >= 15 is 0 Å². The zero-order valence-corrected chi connectivity index (χ0v) is 18.5. The summed E-state index contributed by atoms with van der Waals surface area (Å²) in [5.74, 6) is -5.69. The zero-order chi connectivity index (χ0) is 24.2. The van der Waals surface area contributed by atoms with Crippen LogP contribution in [0.5, 0.6) is 23.0 Å². The van der Waals surface area contributed by atoms with E-state index in [0.717, 1.165) is 0 Å². The average Bonchev–Trinajstić information content (AvgIpc) is 3.50. The minimum atomic E-state index is -1.78. The zero-order valence-electron chi connectivity index (χ0n) is 18.5. The first-order valence-electron chi connectivity index (χ1n) is 10.7. The second kappa shape index (κ2) is 9.82. The average molecular weight is 470 g/mol. The number of rotatable bonds is 9. The smallest absolute Gasteiger partial charge is 0.318 e. The number of carbonyl (C=O) groups is 4. The molecule has 2 atom stereocenters. The van der Waals surface area contributed by atoms with Gasteiger partial charge in [0.25, 0.3) is 0 Å². The minimum absolute atomic E-state index is 0.0116. The molecule has 0 bridgehead atoms. The van der Waals surface area contributed by atoms with E-state index < -0.39 is 35.3 Å². The summed E-state index contributed by atoms with van der Waals surface area (Å²) < 4.78 is 31.3. The molecule has 0 radical (unpaired) electrons. The Morgan fingerprint density at radius 2 is 1.06 bits per heavy atom. The van der Waals surface area contributed by atoms with Gasteiger partial charge in [0.05, 0.1) is 13.2 Å². The van der Waals surface area contributed by atoms with Crippen LogP contribution in [0.2, 0.25) is 0 Å². The standard InChI is InChI=1S/C24H22O10/c1-3-29-23(27)19(21(25)13-5-7-15-17(9-13)33-11-31-15)20(24(28)30-4-2)22(26)14-6-8-16-18(10-14)34-12-32-16/h5-10,19-20H,3-4,11-12H2,1-2H3. The fourth-order valence-electron chi connectivity index (χ4n) is 3.71. The molecule has 0 saturated heterocycles. The fourth-order valence-corrected chi connectivity index (χ4v) is 3.71. The maximum atomic E-state index is 13.5. The van der Waals surface area contributed by atoms with E-state index in [1.165, 1.54) is 36.4 Å². The van der Waals surface area contributed by atoms with Crippen molar-refractivity contribution in [3.63, 3.8) is 0 Å². The van der Waals surface area contributed by atoms with Crippen LogP contribution in [0, 0.1) is 11.8 Å². The van der Waals surface area contributed by atoms with Gasteiger partial charge in [0.2, 0.25) is 13.6 Å². The highest BCUT2D eigenvalue weighted by atomic mass is 16.7. The Labute approximate surface area is 194 Å². The van der Waals surface area contributed by atoms with E-state index in [9.17, 15) is 19.2 Å². The van der Waals surface area contributed by atoms with Crippen LogP contribution < -0.4 is 18.9 Å². The molecule has 0 spiro atoms. The second-order valence-electron chi connectivity index (χ2n) is 7.32. The molecule has 2 heterocycles. The monoisotopic (exact) mass is 470 g/mol. The van der Waals surface area contributed by atoms with Crippen molar-refractivity contribution >= 4 is 23.5 Å². The van der Waals surface area contributed by atoms with Crippen LogP contribution in [0.3, 0.4) is 0 Å². The first-order chi connectivity index (χ1) is 16.4. The first-order valence-corrected chi connectivity index (χ1v) is 10.7. The highest BCUT2D eigenvalue weighted by Gasteiger charge is 2.46. The lowest BCUT2D eigenvalue weighted by atomic mass is 9.80. The Morgan fingerprint density at radius 1 is 0.676 bits per heavy atom. The molecule has 4 rings (SSSR count). The molecule has 0 amide bonds. The molecule has 0 aliphatic carbocycles. The van der Waals surface area contributed by atoms with E-state index in [2.05, 4.69) is 0 Å². The maximum absolute atomic E-state index is 13.5. The largest absolute Gasteiger partial charge is 0.465 e. The Morgan fingerprint density at radius 3 is 1.44 bits per heavy atom. The third kappa shape index (κ3) is 4.39. The minimum Gasteiger partial charge on any atom is -0.465 e. The molecule has 2 aliphatic rings. The van der Waals surface area contributed by atoms with Crippen LogP contribution >= 0.6 is 0 Å². The molecule has 2 aromatic carbocycles. The normalized spacial score (nSPS) is 14.8. The van der Waals surface area contributed by atoms with E-state index in [-0.39, 0.29) is 37.9 Å². The van der Waals surface area contributed by atoms with Crippen molar-refractivity contribution < 1.29 is 47.6 Å². The predicted molar refractivity (Wildman–Crippen MR) is 114 cm³/mol.